The normalized spacial score (nSPS) is 11.8. The van der Waals surface area contributed by atoms with Crippen molar-refractivity contribution in [3.8, 4) is 39.9 Å². The third-order valence-corrected chi connectivity index (χ3v) is 10.2. The zero-order valence-corrected chi connectivity index (χ0v) is 27.9. The van der Waals surface area contributed by atoms with Crippen molar-refractivity contribution in [3.63, 3.8) is 0 Å². The number of benzene rings is 8. The van der Waals surface area contributed by atoms with Crippen molar-refractivity contribution in [3.05, 3.63) is 170 Å². The monoisotopic (exact) mass is 664 g/mol. The molecule has 0 N–H and O–H groups in total. The summed E-state index contributed by atoms with van der Waals surface area (Å²) in [6, 6.07) is 59.2. The van der Waals surface area contributed by atoms with Crippen LogP contribution in [0.4, 0.5) is 0 Å². The molecule has 0 radical (unpaired) electrons. The van der Waals surface area contributed by atoms with E-state index in [4.69, 9.17) is 19.4 Å². The molecule has 242 valence electrons. The van der Waals surface area contributed by atoms with Gasteiger partial charge >= 0.3 is 0 Å². The number of rotatable bonds is 4. The number of nitrogens with zero attached hydrogens (tertiary/aromatic N) is 4. The van der Waals surface area contributed by atoms with Crippen LogP contribution in [0.3, 0.4) is 0 Å². The highest BCUT2D eigenvalue weighted by atomic mass is 16.3. The smallest absolute Gasteiger partial charge is 0.164 e. The largest absolute Gasteiger partial charge is 0.456 e. The Morgan fingerprint density at radius 2 is 1.10 bits per heavy atom. The van der Waals surface area contributed by atoms with E-state index in [1.54, 1.807) is 0 Å². The molecule has 0 saturated heterocycles. The quantitative estimate of drug-likeness (QED) is 0.188. The molecule has 52 heavy (non-hydrogen) atoms. The van der Waals surface area contributed by atoms with E-state index in [0.717, 1.165) is 55.2 Å². The van der Waals surface area contributed by atoms with Gasteiger partial charge in [0.2, 0.25) is 0 Å². The summed E-state index contributed by atoms with van der Waals surface area (Å²) in [5, 5.41) is 9.18. The molecule has 0 bridgehead atoms. The van der Waals surface area contributed by atoms with Gasteiger partial charge in [0, 0.05) is 55.4 Å². The van der Waals surface area contributed by atoms with Crippen LogP contribution >= 0.6 is 0 Å². The molecule has 3 aromatic heterocycles. The first kappa shape index (κ1) is 28.7. The van der Waals surface area contributed by atoms with E-state index in [2.05, 4.69) is 132 Å². The molecule has 0 saturated carbocycles. The van der Waals surface area contributed by atoms with E-state index in [9.17, 15) is 0 Å². The highest BCUT2D eigenvalue weighted by Gasteiger charge is 2.20. The van der Waals surface area contributed by atoms with Crippen LogP contribution in [0.2, 0.25) is 0 Å². The standard InChI is InChI=1S/C47H28N4O/c1-2-13-31(14-3-1)45-48-46(33-22-21-29-11-4-5-15-32(29)27-33)50-47(49-45)39-18-10-20-41-43(39)38-26-24-34(28-42(38)52-41)51-40-19-9-8-17-36(40)37-25-23-30-12-6-7-16-35(30)44(37)51/h1-28H. The SMILES string of the molecule is c1ccc(-c2nc(-c3ccc4ccccc4c3)nc(-c3cccc4oc5cc(-n6c7ccccc7c7ccc8ccccc8c76)ccc5c34)n2)cc1. The van der Waals surface area contributed by atoms with E-state index in [1.807, 2.05) is 42.5 Å². The predicted molar refractivity (Wildman–Crippen MR) is 213 cm³/mol. The van der Waals surface area contributed by atoms with Crippen molar-refractivity contribution in [1.29, 1.82) is 0 Å². The van der Waals surface area contributed by atoms with Crippen LogP contribution in [0.15, 0.2) is 174 Å². The first-order valence-corrected chi connectivity index (χ1v) is 17.4. The Labute approximate surface area is 298 Å². The summed E-state index contributed by atoms with van der Waals surface area (Å²) in [6.07, 6.45) is 0. The highest BCUT2D eigenvalue weighted by molar-refractivity contribution is 6.19. The first-order valence-electron chi connectivity index (χ1n) is 17.4. The lowest BCUT2D eigenvalue weighted by molar-refractivity contribution is 0.668. The molecule has 11 aromatic rings. The summed E-state index contributed by atoms with van der Waals surface area (Å²) < 4.78 is 9.03. The van der Waals surface area contributed by atoms with E-state index in [1.165, 1.54) is 32.4 Å². The maximum atomic E-state index is 6.66. The van der Waals surface area contributed by atoms with E-state index in [-0.39, 0.29) is 0 Å². The third-order valence-electron chi connectivity index (χ3n) is 10.2. The second-order valence-corrected chi connectivity index (χ2v) is 13.2. The highest BCUT2D eigenvalue weighted by Crippen LogP contribution is 2.40. The van der Waals surface area contributed by atoms with Gasteiger partial charge in [-0.3, -0.25) is 0 Å². The van der Waals surface area contributed by atoms with Gasteiger partial charge in [-0.25, -0.2) is 15.0 Å². The van der Waals surface area contributed by atoms with Gasteiger partial charge in [0.05, 0.1) is 11.0 Å². The molecule has 0 aliphatic rings. The molecule has 0 fully saturated rings. The van der Waals surface area contributed by atoms with Crippen molar-refractivity contribution < 1.29 is 4.42 Å². The molecule has 5 heteroatoms. The van der Waals surface area contributed by atoms with Crippen molar-refractivity contribution >= 4 is 65.3 Å². The number of para-hydroxylation sites is 1. The molecule has 0 unspecified atom stereocenters. The van der Waals surface area contributed by atoms with Crippen LogP contribution < -0.4 is 0 Å². The summed E-state index contributed by atoms with van der Waals surface area (Å²) in [5.41, 5.74) is 7.74. The van der Waals surface area contributed by atoms with E-state index >= 15 is 0 Å². The van der Waals surface area contributed by atoms with Gasteiger partial charge in [0.1, 0.15) is 11.2 Å². The Hall–Kier alpha value is -7.11. The molecule has 3 heterocycles. The van der Waals surface area contributed by atoms with Gasteiger partial charge < -0.3 is 8.98 Å². The predicted octanol–water partition coefficient (Wildman–Crippen LogP) is 12.2. The van der Waals surface area contributed by atoms with Gasteiger partial charge in [0.15, 0.2) is 17.5 Å². The van der Waals surface area contributed by atoms with Gasteiger partial charge in [-0.05, 0) is 46.5 Å². The van der Waals surface area contributed by atoms with Gasteiger partial charge in [-0.15, -0.1) is 0 Å². The van der Waals surface area contributed by atoms with Crippen LogP contribution in [0.5, 0.6) is 0 Å². The van der Waals surface area contributed by atoms with E-state index in [0.29, 0.717) is 17.5 Å². The molecule has 11 rings (SSSR count). The number of hydrogen-bond acceptors (Lipinski definition) is 4. The molecule has 0 atom stereocenters. The number of furan rings is 1. The average Bonchev–Trinajstić information content (AvgIpc) is 3.76. The molecule has 8 aromatic carbocycles. The fourth-order valence-corrected chi connectivity index (χ4v) is 7.81. The Kier molecular flexibility index (Phi) is 6.18. The summed E-state index contributed by atoms with van der Waals surface area (Å²) in [7, 11) is 0. The molecular weight excluding hydrogens is 637 g/mol. The van der Waals surface area contributed by atoms with Crippen LogP contribution in [-0.4, -0.2) is 19.5 Å². The average molecular weight is 665 g/mol. The van der Waals surface area contributed by atoms with Crippen molar-refractivity contribution in [2.24, 2.45) is 0 Å². The minimum Gasteiger partial charge on any atom is -0.456 e. The van der Waals surface area contributed by atoms with Crippen LogP contribution in [0.1, 0.15) is 0 Å². The number of hydrogen-bond donors (Lipinski definition) is 0. The van der Waals surface area contributed by atoms with Crippen molar-refractivity contribution in [2.45, 2.75) is 0 Å². The molecular formula is C47H28N4O. The number of aromatic nitrogens is 4. The van der Waals surface area contributed by atoms with Crippen LogP contribution in [0.25, 0.3) is 105 Å². The topological polar surface area (TPSA) is 56.7 Å². The number of fused-ring (bicyclic) bond motifs is 9. The minimum atomic E-state index is 0.600. The fourth-order valence-electron chi connectivity index (χ4n) is 7.81. The van der Waals surface area contributed by atoms with Crippen molar-refractivity contribution in [1.82, 2.24) is 19.5 Å². The van der Waals surface area contributed by atoms with Crippen molar-refractivity contribution in [2.75, 3.05) is 0 Å². The second kappa shape index (κ2) is 11.2. The summed E-state index contributed by atoms with van der Waals surface area (Å²) in [4.78, 5) is 15.2. The second-order valence-electron chi connectivity index (χ2n) is 13.2. The van der Waals surface area contributed by atoms with E-state index < -0.39 is 0 Å². The lowest BCUT2D eigenvalue weighted by Gasteiger charge is -2.10. The zero-order valence-electron chi connectivity index (χ0n) is 27.9. The van der Waals surface area contributed by atoms with Crippen LogP contribution in [-0.2, 0) is 0 Å². The summed E-state index contributed by atoms with van der Waals surface area (Å²) >= 11 is 0. The third kappa shape index (κ3) is 4.39. The molecule has 0 aliphatic heterocycles. The first-order chi connectivity index (χ1) is 25.8. The Bertz CT molecular complexity index is 3190. The molecule has 0 aliphatic carbocycles. The maximum Gasteiger partial charge on any atom is 0.164 e. The lowest BCUT2D eigenvalue weighted by atomic mass is 10.0. The summed E-state index contributed by atoms with van der Waals surface area (Å²) in [6.45, 7) is 0. The lowest BCUT2D eigenvalue weighted by Crippen LogP contribution is -2.00. The zero-order chi connectivity index (χ0) is 34.2. The Morgan fingerprint density at radius 3 is 1.98 bits per heavy atom. The van der Waals surface area contributed by atoms with Gasteiger partial charge in [0.25, 0.3) is 0 Å². The minimum absolute atomic E-state index is 0.600. The van der Waals surface area contributed by atoms with Gasteiger partial charge in [-0.2, -0.15) is 0 Å². The molecule has 5 nitrogen and oxygen atoms in total. The van der Waals surface area contributed by atoms with Crippen LogP contribution in [0, 0.1) is 0 Å². The summed E-state index contributed by atoms with van der Waals surface area (Å²) in [5.74, 6) is 1.85. The molecule has 0 amide bonds. The Morgan fingerprint density at radius 1 is 0.404 bits per heavy atom. The fraction of sp³-hybridized carbons (Fsp3) is 0. The molecule has 0 spiro atoms. The Balaban J connectivity index is 1.13. The van der Waals surface area contributed by atoms with Gasteiger partial charge in [-0.1, -0.05) is 133 Å². The maximum absolute atomic E-state index is 6.66.